The molecule has 0 bridgehead atoms. The van der Waals surface area contributed by atoms with Crippen LogP contribution in [0.4, 0.5) is 0 Å². The fraction of sp³-hybridized carbons (Fsp3) is 0.444. The van der Waals surface area contributed by atoms with Crippen LogP contribution in [0.3, 0.4) is 0 Å². The second-order valence-corrected chi connectivity index (χ2v) is 5.46. The first kappa shape index (κ1) is 19.0. The van der Waals surface area contributed by atoms with E-state index >= 15 is 0 Å². The molecule has 1 aliphatic rings. The quantitative estimate of drug-likeness (QED) is 0.549. The Morgan fingerprint density at radius 3 is 2.40 bits per heavy atom. The molecular weight excluding hydrogens is 328 g/mol. The molecule has 0 saturated carbocycles. The summed E-state index contributed by atoms with van der Waals surface area (Å²) in [4.78, 5) is 22.2. The topological polar surface area (TPSA) is 80.3 Å². The molecule has 2 rings (SSSR count). The summed E-state index contributed by atoms with van der Waals surface area (Å²) in [6.07, 6.45) is 1.46. The first-order valence-corrected chi connectivity index (χ1v) is 7.87. The first-order chi connectivity index (χ1) is 12.0. The fourth-order valence-corrected chi connectivity index (χ4v) is 2.25. The fourth-order valence-electron chi connectivity index (χ4n) is 2.25. The van der Waals surface area contributed by atoms with Crippen molar-refractivity contribution in [3.63, 3.8) is 0 Å². The van der Waals surface area contributed by atoms with E-state index in [0.717, 1.165) is 11.3 Å². The molecule has 0 amide bonds. The van der Waals surface area contributed by atoms with Gasteiger partial charge in [0.2, 0.25) is 0 Å². The van der Waals surface area contributed by atoms with Crippen LogP contribution >= 0.6 is 0 Å². The number of carbonyl (C=O) groups excluding carboxylic acids is 2. The maximum atomic E-state index is 11.2. The van der Waals surface area contributed by atoms with Crippen LogP contribution in [0, 0.1) is 0 Å². The number of methoxy groups -OCH3 is 1. The summed E-state index contributed by atoms with van der Waals surface area (Å²) in [5, 5.41) is 0. The van der Waals surface area contributed by atoms with Gasteiger partial charge in [-0.15, -0.1) is 0 Å². The highest BCUT2D eigenvalue weighted by Gasteiger charge is 2.31. The van der Waals surface area contributed by atoms with E-state index in [-0.39, 0.29) is 6.61 Å². The van der Waals surface area contributed by atoms with Crippen LogP contribution in [0.25, 0.3) is 0 Å². The highest BCUT2D eigenvalue weighted by Crippen LogP contribution is 2.19. The Labute approximate surface area is 146 Å². The molecule has 0 N–H and O–H groups in total. The molecule has 0 saturated heterocycles. The van der Waals surface area contributed by atoms with Gasteiger partial charge in [-0.25, -0.2) is 0 Å². The molecule has 0 fully saturated rings. The Kier molecular flexibility index (Phi) is 6.97. The van der Waals surface area contributed by atoms with Gasteiger partial charge in [-0.1, -0.05) is 12.1 Å². The Morgan fingerprint density at radius 2 is 1.80 bits per heavy atom. The summed E-state index contributed by atoms with van der Waals surface area (Å²) in [5.41, 5.74) is 0.955. The molecule has 7 nitrogen and oxygen atoms in total. The standard InChI is InChI=1S/C18H22O7/c1-12(19)22-11-17-16(24-13(2)20)8-9-18(25-17)23-10-14-4-6-15(21-3)7-5-14/h4-9,16-18H,10-11H2,1-3H3/t16-,17+,18-/m0/s1. The van der Waals surface area contributed by atoms with Crippen LogP contribution in [-0.2, 0) is 35.1 Å². The van der Waals surface area contributed by atoms with Crippen molar-refractivity contribution >= 4 is 11.9 Å². The summed E-state index contributed by atoms with van der Waals surface area (Å²) in [6, 6.07) is 7.47. The molecule has 1 aromatic carbocycles. The van der Waals surface area contributed by atoms with Crippen LogP contribution in [0.2, 0.25) is 0 Å². The molecule has 136 valence electrons. The second kappa shape index (κ2) is 9.19. The Bertz CT molecular complexity index is 608. The van der Waals surface area contributed by atoms with Crippen molar-refractivity contribution in [3.8, 4) is 5.75 Å². The van der Waals surface area contributed by atoms with Gasteiger partial charge < -0.3 is 23.7 Å². The SMILES string of the molecule is COc1ccc(CO[C@@H]2C=C[C@H](OC(C)=O)[C@@H](COC(C)=O)O2)cc1. The molecule has 1 heterocycles. The highest BCUT2D eigenvalue weighted by molar-refractivity contribution is 5.66. The molecule has 3 atom stereocenters. The summed E-state index contributed by atoms with van der Waals surface area (Å²) in [7, 11) is 1.61. The molecule has 0 radical (unpaired) electrons. The normalized spacial score (nSPS) is 22.3. The van der Waals surface area contributed by atoms with Crippen molar-refractivity contribution in [2.24, 2.45) is 0 Å². The lowest BCUT2D eigenvalue weighted by molar-refractivity contribution is -0.200. The number of hydrogen-bond acceptors (Lipinski definition) is 7. The third-order valence-electron chi connectivity index (χ3n) is 3.46. The maximum Gasteiger partial charge on any atom is 0.303 e. The number of ether oxygens (including phenoxy) is 5. The van der Waals surface area contributed by atoms with E-state index in [9.17, 15) is 9.59 Å². The third-order valence-corrected chi connectivity index (χ3v) is 3.46. The van der Waals surface area contributed by atoms with Crippen molar-refractivity contribution in [1.29, 1.82) is 0 Å². The van der Waals surface area contributed by atoms with Crippen molar-refractivity contribution < 1.29 is 33.3 Å². The molecule has 0 aromatic heterocycles. The molecule has 0 aliphatic carbocycles. The van der Waals surface area contributed by atoms with Crippen LogP contribution in [0.15, 0.2) is 36.4 Å². The molecule has 0 spiro atoms. The van der Waals surface area contributed by atoms with Gasteiger partial charge in [0.1, 0.15) is 24.6 Å². The van der Waals surface area contributed by atoms with Crippen LogP contribution in [-0.4, -0.2) is 44.2 Å². The van der Waals surface area contributed by atoms with E-state index in [1.165, 1.54) is 13.8 Å². The van der Waals surface area contributed by atoms with Crippen molar-refractivity contribution in [3.05, 3.63) is 42.0 Å². The number of carbonyl (C=O) groups is 2. The van der Waals surface area contributed by atoms with Gasteiger partial charge in [-0.3, -0.25) is 9.59 Å². The average molecular weight is 350 g/mol. The minimum Gasteiger partial charge on any atom is -0.497 e. The van der Waals surface area contributed by atoms with Gasteiger partial charge in [0.25, 0.3) is 0 Å². The van der Waals surface area contributed by atoms with Crippen LogP contribution in [0.5, 0.6) is 5.75 Å². The third kappa shape index (κ3) is 6.21. The van der Waals surface area contributed by atoms with E-state index in [4.69, 9.17) is 23.7 Å². The Morgan fingerprint density at radius 1 is 1.08 bits per heavy atom. The van der Waals surface area contributed by atoms with Gasteiger partial charge in [0.15, 0.2) is 6.29 Å². The zero-order chi connectivity index (χ0) is 18.2. The number of esters is 2. The largest absolute Gasteiger partial charge is 0.497 e. The summed E-state index contributed by atoms with van der Waals surface area (Å²) >= 11 is 0. The lowest BCUT2D eigenvalue weighted by atomic mass is 10.1. The van der Waals surface area contributed by atoms with Gasteiger partial charge in [0.05, 0.1) is 13.7 Å². The smallest absolute Gasteiger partial charge is 0.303 e. The Balaban J connectivity index is 1.93. The Hall–Kier alpha value is -2.38. The predicted octanol–water partition coefficient (Wildman–Crippen LogP) is 1.99. The maximum absolute atomic E-state index is 11.2. The van der Waals surface area contributed by atoms with Gasteiger partial charge in [-0.05, 0) is 29.8 Å². The van der Waals surface area contributed by atoms with Gasteiger partial charge in [0, 0.05) is 13.8 Å². The highest BCUT2D eigenvalue weighted by atomic mass is 16.7. The molecule has 25 heavy (non-hydrogen) atoms. The number of hydrogen-bond donors (Lipinski definition) is 0. The van der Waals surface area contributed by atoms with Crippen molar-refractivity contribution in [2.45, 2.75) is 39.0 Å². The lowest BCUT2D eigenvalue weighted by Crippen LogP contribution is -2.42. The molecule has 0 unspecified atom stereocenters. The van der Waals surface area contributed by atoms with E-state index < -0.39 is 30.4 Å². The van der Waals surface area contributed by atoms with E-state index in [1.807, 2.05) is 24.3 Å². The number of rotatable bonds is 7. The monoisotopic (exact) mass is 350 g/mol. The molecule has 1 aromatic rings. The van der Waals surface area contributed by atoms with Crippen LogP contribution in [0.1, 0.15) is 19.4 Å². The van der Waals surface area contributed by atoms with E-state index in [0.29, 0.717) is 6.61 Å². The van der Waals surface area contributed by atoms with E-state index in [2.05, 4.69) is 0 Å². The van der Waals surface area contributed by atoms with Gasteiger partial charge in [-0.2, -0.15) is 0 Å². The average Bonchev–Trinajstić information content (AvgIpc) is 2.59. The molecule has 7 heteroatoms. The summed E-state index contributed by atoms with van der Waals surface area (Å²) in [6.45, 7) is 2.91. The minimum absolute atomic E-state index is 0.0278. The van der Waals surface area contributed by atoms with Crippen molar-refractivity contribution in [2.75, 3.05) is 13.7 Å². The lowest BCUT2D eigenvalue weighted by Gasteiger charge is -2.31. The van der Waals surface area contributed by atoms with Crippen molar-refractivity contribution in [1.82, 2.24) is 0 Å². The predicted molar refractivity (Wildman–Crippen MR) is 87.8 cm³/mol. The molecular formula is C18H22O7. The first-order valence-electron chi connectivity index (χ1n) is 7.87. The molecule has 1 aliphatic heterocycles. The zero-order valence-electron chi connectivity index (χ0n) is 14.5. The summed E-state index contributed by atoms with van der Waals surface area (Å²) in [5.74, 6) is -0.109. The van der Waals surface area contributed by atoms with Gasteiger partial charge >= 0.3 is 11.9 Å². The van der Waals surface area contributed by atoms with Crippen LogP contribution < -0.4 is 4.74 Å². The summed E-state index contributed by atoms with van der Waals surface area (Å²) < 4.78 is 26.7. The van der Waals surface area contributed by atoms with E-state index in [1.54, 1.807) is 19.3 Å². The second-order valence-electron chi connectivity index (χ2n) is 5.46. The zero-order valence-corrected chi connectivity index (χ0v) is 14.5. The number of benzene rings is 1. The minimum atomic E-state index is -0.630.